The average Bonchev–Trinajstić information content (AvgIpc) is 3.24. The summed E-state index contributed by atoms with van der Waals surface area (Å²) in [6.45, 7) is 6.61. The lowest BCUT2D eigenvalue weighted by atomic mass is 10.2. The van der Waals surface area contributed by atoms with Crippen molar-refractivity contribution in [3.05, 3.63) is 32.4 Å². The molecule has 2 N–H and O–H groups in total. The Morgan fingerprint density at radius 2 is 2.11 bits per heavy atom. The Morgan fingerprint density at radius 3 is 2.85 bits per heavy atom. The zero-order valence-corrected chi connectivity index (χ0v) is 16.8. The van der Waals surface area contributed by atoms with Gasteiger partial charge < -0.3 is 10.6 Å². The Kier molecular flexibility index (Phi) is 6.65. The Hall–Kier alpha value is -2.16. The minimum Gasteiger partial charge on any atom is -0.338 e. The van der Waals surface area contributed by atoms with E-state index in [0.29, 0.717) is 32.0 Å². The maximum atomic E-state index is 12.2. The van der Waals surface area contributed by atoms with Gasteiger partial charge in [-0.05, 0) is 19.3 Å². The van der Waals surface area contributed by atoms with Crippen LogP contribution in [0.1, 0.15) is 55.6 Å². The van der Waals surface area contributed by atoms with Crippen molar-refractivity contribution < 1.29 is 4.79 Å². The van der Waals surface area contributed by atoms with E-state index < -0.39 is 0 Å². The summed E-state index contributed by atoms with van der Waals surface area (Å²) in [5, 5.41) is 13.3. The third kappa shape index (κ3) is 5.18. The van der Waals surface area contributed by atoms with Crippen LogP contribution in [0.5, 0.6) is 0 Å². The van der Waals surface area contributed by atoms with E-state index in [2.05, 4.69) is 39.9 Å². The van der Waals surface area contributed by atoms with Crippen LogP contribution >= 0.6 is 11.3 Å². The summed E-state index contributed by atoms with van der Waals surface area (Å²) in [4.78, 5) is 28.6. The Labute approximate surface area is 163 Å². The van der Waals surface area contributed by atoms with Gasteiger partial charge in [-0.2, -0.15) is 5.10 Å². The molecule has 0 saturated carbocycles. The predicted octanol–water partition coefficient (Wildman–Crippen LogP) is 1.89. The van der Waals surface area contributed by atoms with Crippen molar-refractivity contribution in [2.75, 3.05) is 13.1 Å². The lowest BCUT2D eigenvalue weighted by Gasteiger charge is -2.09. The molecule has 8 nitrogen and oxygen atoms in total. The molecule has 3 heterocycles. The molecule has 0 saturated heterocycles. The van der Waals surface area contributed by atoms with E-state index in [1.54, 1.807) is 15.9 Å². The standard InChI is InChI=1S/C18H28N6O2S/c1-13(2)16-21-14(12-27-16)7-9-20-17(25)19-8-5-11-24-18(26)23-10-4-3-6-15(23)22-24/h12-13H,3-11H2,1-2H3,(H2,19,20,25). The molecule has 3 rings (SSSR count). The number of hydrogen-bond acceptors (Lipinski definition) is 5. The average molecular weight is 393 g/mol. The van der Waals surface area contributed by atoms with Gasteiger partial charge in [0.1, 0.15) is 5.82 Å². The molecule has 0 aliphatic carbocycles. The third-order valence-electron chi connectivity index (χ3n) is 4.59. The summed E-state index contributed by atoms with van der Waals surface area (Å²) in [5.74, 6) is 1.33. The predicted molar refractivity (Wildman–Crippen MR) is 105 cm³/mol. The number of rotatable bonds is 8. The molecule has 1 aliphatic rings. The molecule has 0 bridgehead atoms. The number of carbonyl (C=O) groups is 1. The molecular formula is C18H28N6O2S. The molecule has 27 heavy (non-hydrogen) atoms. The van der Waals surface area contributed by atoms with Crippen LogP contribution in [0.4, 0.5) is 4.79 Å². The second-order valence-corrected chi connectivity index (χ2v) is 8.04. The van der Waals surface area contributed by atoms with Crippen molar-refractivity contribution in [2.24, 2.45) is 0 Å². The number of carbonyl (C=O) groups excluding carboxylic acids is 1. The summed E-state index contributed by atoms with van der Waals surface area (Å²) in [6, 6.07) is -0.189. The first-order chi connectivity index (χ1) is 13.0. The summed E-state index contributed by atoms with van der Waals surface area (Å²) in [7, 11) is 0. The Bertz CT molecular complexity index is 822. The van der Waals surface area contributed by atoms with E-state index in [4.69, 9.17) is 0 Å². The molecule has 2 amide bonds. The highest BCUT2D eigenvalue weighted by atomic mass is 32.1. The highest BCUT2D eigenvalue weighted by molar-refractivity contribution is 7.09. The van der Waals surface area contributed by atoms with Crippen molar-refractivity contribution in [3.63, 3.8) is 0 Å². The lowest BCUT2D eigenvalue weighted by Crippen LogP contribution is -2.37. The summed E-state index contributed by atoms with van der Waals surface area (Å²) in [6.07, 6.45) is 4.41. The molecule has 0 atom stereocenters. The van der Waals surface area contributed by atoms with Crippen LogP contribution in [-0.2, 0) is 25.9 Å². The van der Waals surface area contributed by atoms with Crippen molar-refractivity contribution in [3.8, 4) is 0 Å². The molecule has 9 heteroatoms. The van der Waals surface area contributed by atoms with Crippen molar-refractivity contribution >= 4 is 17.4 Å². The quantitative estimate of drug-likeness (QED) is 0.671. The first-order valence-electron chi connectivity index (χ1n) is 9.67. The van der Waals surface area contributed by atoms with Gasteiger partial charge in [0.2, 0.25) is 0 Å². The molecule has 1 aliphatic heterocycles. The van der Waals surface area contributed by atoms with Gasteiger partial charge in [0, 0.05) is 50.3 Å². The number of nitrogens with zero attached hydrogens (tertiary/aromatic N) is 4. The maximum absolute atomic E-state index is 12.2. The summed E-state index contributed by atoms with van der Waals surface area (Å²) >= 11 is 1.67. The minimum atomic E-state index is -0.189. The van der Waals surface area contributed by atoms with Gasteiger partial charge in [-0.25, -0.2) is 19.3 Å². The molecule has 0 aromatic carbocycles. The number of aryl methyl sites for hydroxylation is 2. The Morgan fingerprint density at radius 1 is 1.30 bits per heavy atom. The van der Waals surface area contributed by atoms with E-state index in [1.165, 1.54) is 4.68 Å². The first-order valence-corrected chi connectivity index (χ1v) is 10.5. The molecule has 0 spiro atoms. The van der Waals surface area contributed by atoms with Gasteiger partial charge in [-0.3, -0.25) is 4.57 Å². The minimum absolute atomic E-state index is 0.0295. The number of hydrogen-bond donors (Lipinski definition) is 2. The second kappa shape index (κ2) is 9.16. The van der Waals surface area contributed by atoms with Crippen LogP contribution in [-0.4, -0.2) is 38.5 Å². The highest BCUT2D eigenvalue weighted by Crippen LogP contribution is 2.19. The summed E-state index contributed by atoms with van der Waals surface area (Å²) < 4.78 is 3.29. The van der Waals surface area contributed by atoms with E-state index >= 15 is 0 Å². The highest BCUT2D eigenvalue weighted by Gasteiger charge is 2.16. The molecule has 2 aromatic heterocycles. The molecule has 0 unspecified atom stereocenters. The smallest absolute Gasteiger partial charge is 0.338 e. The van der Waals surface area contributed by atoms with E-state index in [9.17, 15) is 9.59 Å². The van der Waals surface area contributed by atoms with E-state index in [-0.39, 0.29) is 11.7 Å². The van der Waals surface area contributed by atoms with Gasteiger partial charge in [0.15, 0.2) is 0 Å². The van der Waals surface area contributed by atoms with Crippen LogP contribution in [0.25, 0.3) is 0 Å². The number of fused-ring (bicyclic) bond motifs is 1. The molecule has 2 aromatic rings. The van der Waals surface area contributed by atoms with E-state index in [0.717, 1.165) is 48.8 Å². The topological polar surface area (TPSA) is 93.8 Å². The van der Waals surface area contributed by atoms with E-state index in [1.807, 2.05) is 0 Å². The van der Waals surface area contributed by atoms with Crippen LogP contribution in [0, 0.1) is 0 Å². The molecule has 148 valence electrons. The van der Waals surface area contributed by atoms with Crippen molar-refractivity contribution in [2.45, 2.75) is 65.0 Å². The zero-order chi connectivity index (χ0) is 19.2. The van der Waals surface area contributed by atoms with Gasteiger partial charge in [-0.15, -0.1) is 11.3 Å². The molecule has 0 radical (unpaired) electrons. The number of aromatic nitrogens is 4. The fraction of sp³-hybridized carbons (Fsp3) is 0.667. The van der Waals surface area contributed by atoms with Gasteiger partial charge in [0.25, 0.3) is 0 Å². The van der Waals surface area contributed by atoms with Crippen LogP contribution in [0.2, 0.25) is 0 Å². The lowest BCUT2D eigenvalue weighted by molar-refractivity contribution is 0.240. The monoisotopic (exact) mass is 392 g/mol. The van der Waals surface area contributed by atoms with Crippen LogP contribution in [0.15, 0.2) is 10.2 Å². The second-order valence-electron chi connectivity index (χ2n) is 7.15. The molecular weight excluding hydrogens is 364 g/mol. The SMILES string of the molecule is CC(C)c1nc(CCNC(=O)NCCCn2nc3n(c2=O)CCCC3)cs1. The van der Waals surface area contributed by atoms with Gasteiger partial charge >= 0.3 is 11.7 Å². The van der Waals surface area contributed by atoms with Gasteiger partial charge in [-0.1, -0.05) is 13.8 Å². The number of urea groups is 1. The fourth-order valence-corrected chi connectivity index (χ4v) is 3.96. The maximum Gasteiger partial charge on any atom is 0.345 e. The zero-order valence-electron chi connectivity index (χ0n) is 16.0. The van der Waals surface area contributed by atoms with Gasteiger partial charge in [0.05, 0.1) is 10.7 Å². The number of thiazole rings is 1. The Balaban J connectivity index is 1.33. The first kappa shape index (κ1) is 19.6. The normalized spacial score (nSPS) is 13.6. The fourth-order valence-electron chi connectivity index (χ4n) is 3.09. The third-order valence-corrected chi connectivity index (χ3v) is 5.79. The molecule has 0 fully saturated rings. The number of nitrogens with one attached hydrogen (secondary N) is 2. The van der Waals surface area contributed by atoms with Crippen molar-refractivity contribution in [1.82, 2.24) is 30.0 Å². The number of amides is 2. The van der Waals surface area contributed by atoms with Crippen molar-refractivity contribution in [1.29, 1.82) is 0 Å². The largest absolute Gasteiger partial charge is 0.345 e. The van der Waals surface area contributed by atoms with Crippen LogP contribution < -0.4 is 16.3 Å². The summed E-state index contributed by atoms with van der Waals surface area (Å²) in [5.41, 5.74) is 0.991. The van der Waals surface area contributed by atoms with Crippen LogP contribution in [0.3, 0.4) is 0 Å².